The minimum atomic E-state index is -0.408. The highest BCUT2D eigenvalue weighted by Crippen LogP contribution is 2.11. The molecule has 1 unspecified atom stereocenters. The Labute approximate surface area is 122 Å². The van der Waals surface area contributed by atoms with Gasteiger partial charge in [-0.05, 0) is 37.5 Å². The minimum absolute atomic E-state index is 0.150. The minimum Gasteiger partial charge on any atom is -0.368 e. The van der Waals surface area contributed by atoms with Crippen molar-refractivity contribution in [3.05, 3.63) is 35.1 Å². The zero-order valence-electron chi connectivity index (χ0n) is 11.9. The Morgan fingerprint density at radius 3 is 2.76 bits per heavy atom. The smallest absolute Gasteiger partial charge is 0.251 e. The van der Waals surface area contributed by atoms with E-state index in [-0.39, 0.29) is 30.0 Å². The van der Waals surface area contributed by atoms with Crippen molar-refractivity contribution in [1.29, 1.82) is 0 Å². The number of nitrogens with one attached hydrogen (secondary N) is 2. The summed E-state index contributed by atoms with van der Waals surface area (Å²) in [5, 5.41) is 5.33. The number of benzene rings is 1. The number of carbonyl (C=O) groups is 2. The van der Waals surface area contributed by atoms with Crippen LogP contribution >= 0.6 is 0 Å². The summed E-state index contributed by atoms with van der Waals surface area (Å²) in [7, 11) is 0. The molecule has 1 saturated heterocycles. The number of ether oxygens (including phenoxy) is 1. The Kier molecular flexibility index (Phi) is 5.27. The maximum absolute atomic E-state index is 13.4. The highest BCUT2D eigenvalue weighted by molar-refractivity contribution is 5.94. The topological polar surface area (TPSA) is 67.4 Å². The monoisotopic (exact) mass is 294 g/mol. The SMILES string of the molecule is Cc1ccc(C(=O)NCCNC(=O)C2CCCO2)cc1F. The van der Waals surface area contributed by atoms with E-state index in [0.717, 1.165) is 12.8 Å². The summed E-state index contributed by atoms with van der Waals surface area (Å²) in [6.07, 6.45) is 1.26. The summed E-state index contributed by atoms with van der Waals surface area (Å²) >= 11 is 0. The number of aryl methyl sites for hydroxylation is 1. The first-order chi connectivity index (χ1) is 10.1. The van der Waals surface area contributed by atoms with Gasteiger partial charge in [0, 0.05) is 25.3 Å². The first kappa shape index (κ1) is 15.4. The van der Waals surface area contributed by atoms with Gasteiger partial charge in [-0.25, -0.2) is 4.39 Å². The van der Waals surface area contributed by atoms with E-state index < -0.39 is 5.82 Å². The Balaban J connectivity index is 1.71. The highest BCUT2D eigenvalue weighted by Gasteiger charge is 2.22. The van der Waals surface area contributed by atoms with Crippen LogP contribution in [0, 0.1) is 12.7 Å². The molecule has 1 aliphatic heterocycles. The van der Waals surface area contributed by atoms with Crippen molar-refractivity contribution in [3.8, 4) is 0 Å². The fourth-order valence-corrected chi connectivity index (χ4v) is 2.10. The Morgan fingerprint density at radius 2 is 2.10 bits per heavy atom. The van der Waals surface area contributed by atoms with Crippen molar-refractivity contribution in [2.45, 2.75) is 25.9 Å². The molecule has 0 spiro atoms. The number of hydrogen-bond acceptors (Lipinski definition) is 3. The van der Waals surface area contributed by atoms with Crippen molar-refractivity contribution >= 4 is 11.8 Å². The van der Waals surface area contributed by atoms with Gasteiger partial charge in [-0.15, -0.1) is 0 Å². The molecule has 1 aromatic rings. The summed E-state index contributed by atoms with van der Waals surface area (Å²) in [5.74, 6) is -0.919. The van der Waals surface area contributed by atoms with Crippen LogP contribution in [0.3, 0.4) is 0 Å². The molecule has 0 saturated carbocycles. The van der Waals surface area contributed by atoms with E-state index >= 15 is 0 Å². The molecule has 1 atom stereocenters. The molecular weight excluding hydrogens is 275 g/mol. The van der Waals surface area contributed by atoms with E-state index in [1.54, 1.807) is 19.1 Å². The molecule has 2 N–H and O–H groups in total. The second-order valence-corrected chi connectivity index (χ2v) is 5.01. The second-order valence-electron chi connectivity index (χ2n) is 5.01. The fraction of sp³-hybridized carbons (Fsp3) is 0.467. The second kappa shape index (κ2) is 7.17. The molecule has 1 fully saturated rings. The molecule has 1 aliphatic rings. The zero-order chi connectivity index (χ0) is 15.2. The average molecular weight is 294 g/mol. The van der Waals surface area contributed by atoms with E-state index in [2.05, 4.69) is 10.6 Å². The first-order valence-corrected chi connectivity index (χ1v) is 7.01. The van der Waals surface area contributed by atoms with Crippen LogP contribution in [-0.2, 0) is 9.53 Å². The lowest BCUT2D eigenvalue weighted by Crippen LogP contribution is -2.39. The first-order valence-electron chi connectivity index (χ1n) is 7.01. The van der Waals surface area contributed by atoms with Gasteiger partial charge in [0.2, 0.25) is 5.91 Å². The van der Waals surface area contributed by atoms with Crippen LogP contribution in [0.1, 0.15) is 28.8 Å². The zero-order valence-corrected chi connectivity index (χ0v) is 11.9. The number of rotatable bonds is 5. The van der Waals surface area contributed by atoms with E-state index in [0.29, 0.717) is 18.7 Å². The lowest BCUT2D eigenvalue weighted by atomic mass is 10.1. The van der Waals surface area contributed by atoms with Crippen molar-refractivity contribution in [2.75, 3.05) is 19.7 Å². The van der Waals surface area contributed by atoms with E-state index in [1.165, 1.54) is 6.07 Å². The van der Waals surface area contributed by atoms with E-state index in [4.69, 9.17) is 4.74 Å². The largest absolute Gasteiger partial charge is 0.368 e. The molecular formula is C15H19FN2O3. The van der Waals surface area contributed by atoms with Gasteiger partial charge >= 0.3 is 0 Å². The summed E-state index contributed by atoms with van der Waals surface area (Å²) in [6, 6.07) is 4.33. The summed E-state index contributed by atoms with van der Waals surface area (Å²) in [4.78, 5) is 23.4. The molecule has 1 aromatic carbocycles. The third kappa shape index (κ3) is 4.26. The quantitative estimate of drug-likeness (QED) is 0.801. The van der Waals surface area contributed by atoms with Crippen LogP contribution in [0.2, 0.25) is 0 Å². The van der Waals surface area contributed by atoms with Crippen molar-refractivity contribution in [2.24, 2.45) is 0 Å². The van der Waals surface area contributed by atoms with Crippen LogP contribution in [0.15, 0.2) is 18.2 Å². The number of halogens is 1. The lowest BCUT2D eigenvalue weighted by molar-refractivity contribution is -0.129. The van der Waals surface area contributed by atoms with Crippen LogP contribution in [0.4, 0.5) is 4.39 Å². The number of carbonyl (C=O) groups excluding carboxylic acids is 2. The van der Waals surface area contributed by atoms with Crippen molar-refractivity contribution in [3.63, 3.8) is 0 Å². The van der Waals surface area contributed by atoms with Gasteiger partial charge in [-0.2, -0.15) is 0 Å². The average Bonchev–Trinajstić information content (AvgIpc) is 3.00. The molecule has 0 bridgehead atoms. The van der Waals surface area contributed by atoms with Gasteiger partial charge < -0.3 is 15.4 Å². The molecule has 1 heterocycles. The van der Waals surface area contributed by atoms with Gasteiger partial charge in [0.05, 0.1) is 0 Å². The summed E-state index contributed by atoms with van der Waals surface area (Å²) in [5.41, 5.74) is 0.763. The number of hydrogen-bond donors (Lipinski definition) is 2. The molecule has 0 aromatic heterocycles. The Morgan fingerprint density at radius 1 is 1.33 bits per heavy atom. The molecule has 2 amide bonds. The van der Waals surface area contributed by atoms with Crippen LogP contribution < -0.4 is 10.6 Å². The van der Waals surface area contributed by atoms with Crippen molar-refractivity contribution < 1.29 is 18.7 Å². The maximum atomic E-state index is 13.4. The predicted octanol–water partition coefficient (Wildman–Crippen LogP) is 1.16. The summed E-state index contributed by atoms with van der Waals surface area (Å²) < 4.78 is 18.6. The van der Waals surface area contributed by atoms with Crippen LogP contribution in [0.25, 0.3) is 0 Å². The highest BCUT2D eigenvalue weighted by atomic mass is 19.1. The molecule has 5 nitrogen and oxygen atoms in total. The third-order valence-electron chi connectivity index (χ3n) is 3.37. The van der Waals surface area contributed by atoms with Crippen molar-refractivity contribution in [1.82, 2.24) is 10.6 Å². The van der Waals surface area contributed by atoms with Crippen LogP contribution in [0.5, 0.6) is 0 Å². The number of amides is 2. The van der Waals surface area contributed by atoms with Gasteiger partial charge in [-0.1, -0.05) is 6.07 Å². The normalized spacial score (nSPS) is 17.5. The van der Waals surface area contributed by atoms with Gasteiger partial charge in [-0.3, -0.25) is 9.59 Å². The molecule has 2 rings (SSSR count). The molecule has 114 valence electrons. The molecule has 21 heavy (non-hydrogen) atoms. The van der Waals surface area contributed by atoms with Gasteiger partial charge in [0.15, 0.2) is 0 Å². The fourth-order valence-electron chi connectivity index (χ4n) is 2.10. The molecule has 6 heteroatoms. The molecule has 0 radical (unpaired) electrons. The van der Waals surface area contributed by atoms with E-state index in [9.17, 15) is 14.0 Å². The van der Waals surface area contributed by atoms with E-state index in [1.807, 2.05) is 0 Å². The molecule has 0 aliphatic carbocycles. The summed E-state index contributed by atoms with van der Waals surface area (Å²) in [6.45, 7) is 2.86. The standard InChI is InChI=1S/C15H19FN2O3/c1-10-4-5-11(9-12(10)16)14(19)17-6-7-18-15(20)13-3-2-8-21-13/h4-5,9,13H,2-3,6-8H2,1H3,(H,17,19)(H,18,20). The Bertz CT molecular complexity index is 528. The van der Waals surface area contributed by atoms with Gasteiger partial charge in [0.25, 0.3) is 5.91 Å². The lowest BCUT2D eigenvalue weighted by Gasteiger charge is -2.11. The van der Waals surface area contributed by atoms with Gasteiger partial charge in [0.1, 0.15) is 11.9 Å². The third-order valence-corrected chi connectivity index (χ3v) is 3.37. The van der Waals surface area contributed by atoms with Crippen LogP contribution in [-0.4, -0.2) is 37.6 Å². The predicted molar refractivity (Wildman–Crippen MR) is 75.5 cm³/mol. The maximum Gasteiger partial charge on any atom is 0.251 e. The Hall–Kier alpha value is -1.95.